The fourth-order valence-corrected chi connectivity index (χ4v) is 4.14. The van der Waals surface area contributed by atoms with Gasteiger partial charge in [-0.05, 0) is 51.5 Å². The first kappa shape index (κ1) is 26.3. The molecule has 1 aliphatic rings. The van der Waals surface area contributed by atoms with Crippen LogP contribution in [-0.2, 0) is 16.0 Å². The summed E-state index contributed by atoms with van der Waals surface area (Å²) in [5.74, 6) is 0.297. The van der Waals surface area contributed by atoms with Crippen LogP contribution in [0.3, 0.4) is 0 Å². The van der Waals surface area contributed by atoms with Crippen LogP contribution in [-0.4, -0.2) is 54.9 Å². The molecule has 3 N–H and O–H groups in total. The van der Waals surface area contributed by atoms with Crippen molar-refractivity contribution in [2.24, 2.45) is 0 Å². The van der Waals surface area contributed by atoms with Gasteiger partial charge in [0.15, 0.2) is 0 Å². The molecule has 10 heteroatoms. The van der Waals surface area contributed by atoms with Crippen molar-refractivity contribution in [1.82, 2.24) is 9.78 Å². The molecular weight excluding hydrogens is 477 g/mol. The summed E-state index contributed by atoms with van der Waals surface area (Å²) < 4.78 is 33.2. The number of nitrogens with two attached hydrogens (primary N) is 1. The zero-order chi connectivity index (χ0) is 26.7. The molecule has 0 spiro atoms. The summed E-state index contributed by atoms with van der Waals surface area (Å²) >= 11 is 0. The van der Waals surface area contributed by atoms with Gasteiger partial charge in [0.25, 0.3) is 0 Å². The summed E-state index contributed by atoms with van der Waals surface area (Å²) in [6, 6.07) is 10.7. The minimum absolute atomic E-state index is 0.226. The van der Waals surface area contributed by atoms with E-state index in [0.717, 1.165) is 17.0 Å². The highest BCUT2D eigenvalue weighted by Gasteiger charge is 2.25. The van der Waals surface area contributed by atoms with Crippen LogP contribution >= 0.6 is 0 Å². The average Bonchev–Trinajstić information content (AvgIpc) is 3.12. The van der Waals surface area contributed by atoms with Gasteiger partial charge < -0.3 is 24.8 Å². The Bertz CT molecular complexity index is 1260. The van der Waals surface area contributed by atoms with Gasteiger partial charge in [0.05, 0.1) is 49.6 Å². The Morgan fingerprint density at radius 2 is 1.86 bits per heavy atom. The van der Waals surface area contributed by atoms with Crippen molar-refractivity contribution in [3.63, 3.8) is 0 Å². The monoisotopic (exact) mass is 511 g/mol. The van der Waals surface area contributed by atoms with Crippen molar-refractivity contribution in [2.45, 2.75) is 39.8 Å². The Balaban J connectivity index is 1.75. The summed E-state index contributed by atoms with van der Waals surface area (Å²) in [4.78, 5) is 14.5. The molecule has 1 aliphatic heterocycles. The van der Waals surface area contributed by atoms with Crippen LogP contribution in [0.2, 0.25) is 0 Å². The van der Waals surface area contributed by atoms with E-state index in [9.17, 15) is 4.79 Å². The molecule has 0 radical (unpaired) electrons. The number of anilines is 3. The lowest BCUT2D eigenvalue weighted by atomic mass is 10.1. The largest absolute Gasteiger partial charge is 0.497 e. The number of carbonyl (C=O) groups excluding carboxylic acids is 1. The summed E-state index contributed by atoms with van der Waals surface area (Å²) in [6.07, 6.45) is -0.694. The topological polar surface area (TPSA) is 104 Å². The summed E-state index contributed by atoms with van der Waals surface area (Å²) in [5, 5.41) is 7.47. The zero-order valence-electron chi connectivity index (χ0n) is 21.9. The number of halogens is 1. The van der Waals surface area contributed by atoms with E-state index in [0.29, 0.717) is 55.5 Å². The Kier molecular flexibility index (Phi) is 7.58. The minimum Gasteiger partial charge on any atom is -0.497 e. The van der Waals surface area contributed by atoms with Crippen molar-refractivity contribution in [2.75, 3.05) is 49.4 Å². The van der Waals surface area contributed by atoms with Gasteiger partial charge in [-0.2, -0.15) is 5.10 Å². The lowest BCUT2D eigenvalue weighted by Crippen LogP contribution is -2.36. The predicted molar refractivity (Wildman–Crippen MR) is 142 cm³/mol. The van der Waals surface area contributed by atoms with Crippen LogP contribution in [0.1, 0.15) is 32.0 Å². The number of hydrogen-bond donors (Lipinski definition) is 2. The van der Waals surface area contributed by atoms with Crippen molar-refractivity contribution in [1.29, 1.82) is 0 Å². The Morgan fingerprint density at radius 3 is 2.49 bits per heavy atom. The van der Waals surface area contributed by atoms with Gasteiger partial charge in [-0.15, -0.1) is 0 Å². The van der Waals surface area contributed by atoms with E-state index in [-0.39, 0.29) is 5.69 Å². The van der Waals surface area contributed by atoms with E-state index in [1.54, 1.807) is 38.6 Å². The SMILES string of the molecule is COc1ccc(Cn2nc(-c3cc(N4CCOCC4)c(F)cc3NC(=O)OC(C)(C)C)c(N)c2C)cc1. The molecule has 0 atom stereocenters. The van der Waals surface area contributed by atoms with E-state index in [1.807, 2.05) is 36.1 Å². The normalized spacial score (nSPS) is 13.9. The maximum atomic E-state index is 15.3. The molecule has 3 aromatic rings. The summed E-state index contributed by atoms with van der Waals surface area (Å²) in [6.45, 7) is 9.75. The second-order valence-electron chi connectivity index (χ2n) is 9.93. The van der Waals surface area contributed by atoms with Crippen molar-refractivity contribution < 1.29 is 23.4 Å². The Hall–Kier alpha value is -3.79. The number of ether oxygens (including phenoxy) is 3. The predicted octanol–water partition coefficient (Wildman–Crippen LogP) is 4.82. The van der Waals surface area contributed by atoms with Gasteiger partial charge in [-0.25, -0.2) is 9.18 Å². The number of carbonyl (C=O) groups is 1. The first-order chi connectivity index (χ1) is 17.6. The van der Waals surface area contributed by atoms with Crippen LogP contribution in [0.4, 0.5) is 26.2 Å². The molecule has 2 heterocycles. The van der Waals surface area contributed by atoms with Crippen LogP contribution in [0.25, 0.3) is 11.3 Å². The lowest BCUT2D eigenvalue weighted by molar-refractivity contribution is 0.0636. The maximum absolute atomic E-state index is 15.3. The number of benzene rings is 2. The van der Waals surface area contributed by atoms with Gasteiger partial charge in [-0.1, -0.05) is 12.1 Å². The maximum Gasteiger partial charge on any atom is 0.412 e. The number of aromatic nitrogens is 2. The van der Waals surface area contributed by atoms with Gasteiger partial charge >= 0.3 is 6.09 Å². The highest BCUT2D eigenvalue weighted by molar-refractivity contribution is 5.94. The van der Waals surface area contributed by atoms with Gasteiger partial charge in [-0.3, -0.25) is 10.00 Å². The highest BCUT2D eigenvalue weighted by Crippen LogP contribution is 2.38. The lowest BCUT2D eigenvalue weighted by Gasteiger charge is -2.30. The fraction of sp³-hybridized carbons (Fsp3) is 0.407. The van der Waals surface area contributed by atoms with Crippen LogP contribution < -0.4 is 20.7 Å². The first-order valence-electron chi connectivity index (χ1n) is 12.2. The van der Waals surface area contributed by atoms with Crippen LogP contribution in [0.15, 0.2) is 36.4 Å². The Labute approximate surface area is 216 Å². The molecule has 4 rings (SSSR count). The third-order valence-electron chi connectivity index (χ3n) is 6.07. The summed E-state index contributed by atoms with van der Waals surface area (Å²) in [7, 11) is 1.62. The van der Waals surface area contributed by atoms with Gasteiger partial charge in [0.1, 0.15) is 22.9 Å². The molecule has 1 saturated heterocycles. The van der Waals surface area contributed by atoms with Gasteiger partial charge in [0.2, 0.25) is 0 Å². The second kappa shape index (κ2) is 10.7. The standard InChI is InChI=1S/C27H34FN5O4/c1-17-24(29)25(31-33(17)16-18-6-8-19(35-5)9-7-18)20-14-23(32-10-12-36-13-11-32)21(28)15-22(20)30-26(34)37-27(2,3)4/h6-9,14-15H,10-13,16,29H2,1-5H3,(H,30,34). The molecule has 0 unspecified atom stereocenters. The molecule has 0 aliphatic carbocycles. The van der Waals surface area contributed by atoms with Crippen LogP contribution in [0, 0.1) is 12.7 Å². The molecule has 1 fully saturated rings. The smallest absolute Gasteiger partial charge is 0.412 e. The molecule has 9 nitrogen and oxygen atoms in total. The molecule has 198 valence electrons. The Morgan fingerprint density at radius 1 is 1.19 bits per heavy atom. The molecule has 2 aromatic carbocycles. The molecule has 0 saturated carbocycles. The number of amides is 1. The quantitative estimate of drug-likeness (QED) is 0.489. The molecule has 1 amide bonds. The molecular formula is C27H34FN5O4. The molecule has 1 aromatic heterocycles. The molecule has 37 heavy (non-hydrogen) atoms. The number of rotatable bonds is 6. The first-order valence-corrected chi connectivity index (χ1v) is 12.2. The third-order valence-corrected chi connectivity index (χ3v) is 6.07. The third kappa shape index (κ3) is 6.14. The van der Waals surface area contributed by atoms with Crippen molar-refractivity contribution >= 4 is 23.2 Å². The highest BCUT2D eigenvalue weighted by atomic mass is 19.1. The fourth-order valence-electron chi connectivity index (χ4n) is 4.14. The zero-order valence-corrected chi connectivity index (χ0v) is 21.9. The second-order valence-corrected chi connectivity index (χ2v) is 9.93. The van der Waals surface area contributed by atoms with E-state index in [4.69, 9.17) is 25.0 Å². The summed E-state index contributed by atoms with van der Waals surface area (Å²) in [5.41, 5.74) is 9.60. The van der Waals surface area contributed by atoms with Crippen molar-refractivity contribution in [3.05, 3.63) is 53.5 Å². The number of nitrogen functional groups attached to an aromatic ring is 1. The number of nitrogens with zero attached hydrogens (tertiary/aromatic N) is 3. The van der Waals surface area contributed by atoms with E-state index in [1.165, 1.54) is 6.07 Å². The van der Waals surface area contributed by atoms with E-state index in [2.05, 4.69) is 5.32 Å². The number of nitrogens with one attached hydrogen (secondary N) is 1. The van der Waals surface area contributed by atoms with E-state index < -0.39 is 17.5 Å². The molecule has 0 bridgehead atoms. The van der Waals surface area contributed by atoms with Crippen molar-refractivity contribution in [3.8, 4) is 17.0 Å². The van der Waals surface area contributed by atoms with Crippen LogP contribution in [0.5, 0.6) is 5.75 Å². The minimum atomic E-state index is -0.716. The van der Waals surface area contributed by atoms with E-state index >= 15 is 4.39 Å². The number of methoxy groups -OCH3 is 1. The van der Waals surface area contributed by atoms with Gasteiger partial charge in [0, 0.05) is 24.7 Å². The number of hydrogen-bond acceptors (Lipinski definition) is 7. The average molecular weight is 512 g/mol. The number of morpholine rings is 1.